The zero-order valence-corrected chi connectivity index (χ0v) is 11.6. The van der Waals surface area contributed by atoms with Crippen LogP contribution < -0.4 is 0 Å². The van der Waals surface area contributed by atoms with E-state index in [2.05, 4.69) is 0 Å². The van der Waals surface area contributed by atoms with Crippen molar-refractivity contribution < 1.29 is 19.8 Å². The van der Waals surface area contributed by atoms with Crippen LogP contribution >= 0.6 is 22.7 Å². The van der Waals surface area contributed by atoms with Gasteiger partial charge in [0.1, 0.15) is 0 Å². The highest BCUT2D eigenvalue weighted by molar-refractivity contribution is 7.28. The predicted octanol–water partition coefficient (Wildman–Crippen LogP) is 2.83. The minimum Gasteiger partial charge on any atom is -0.481 e. The van der Waals surface area contributed by atoms with Crippen LogP contribution in [0, 0.1) is 13.8 Å². The van der Waals surface area contributed by atoms with Crippen molar-refractivity contribution in [2.45, 2.75) is 26.7 Å². The summed E-state index contributed by atoms with van der Waals surface area (Å²) in [5.41, 5.74) is 1.95. The van der Waals surface area contributed by atoms with E-state index in [1.54, 1.807) is 0 Å². The molecule has 0 aliphatic rings. The molecule has 2 aromatic rings. The Morgan fingerprint density at radius 1 is 0.889 bits per heavy atom. The summed E-state index contributed by atoms with van der Waals surface area (Å²) >= 11 is 2.93. The number of hydrogen-bond donors (Lipinski definition) is 2. The number of thiophene rings is 2. The highest BCUT2D eigenvalue weighted by Crippen LogP contribution is 2.40. The Hall–Kier alpha value is -1.40. The number of aryl methyl sites for hydroxylation is 2. The average Bonchev–Trinajstić information content (AvgIpc) is 2.69. The highest BCUT2D eigenvalue weighted by atomic mass is 32.1. The van der Waals surface area contributed by atoms with Crippen LogP contribution in [0.25, 0.3) is 9.40 Å². The van der Waals surface area contributed by atoms with Gasteiger partial charge < -0.3 is 10.2 Å². The lowest BCUT2D eigenvalue weighted by molar-refractivity contribution is -0.137. The Morgan fingerprint density at radius 3 is 1.50 bits per heavy atom. The molecule has 0 aromatic carbocycles. The summed E-state index contributed by atoms with van der Waals surface area (Å²) in [5, 5.41) is 17.7. The van der Waals surface area contributed by atoms with Crippen molar-refractivity contribution in [2.24, 2.45) is 0 Å². The number of fused-ring (bicyclic) bond motifs is 1. The second kappa shape index (κ2) is 4.70. The molecule has 0 saturated carbocycles. The molecule has 2 aromatic heterocycles. The molecule has 18 heavy (non-hydrogen) atoms. The summed E-state index contributed by atoms with van der Waals surface area (Å²) in [6.45, 7) is 3.80. The fraction of sp³-hybridized carbons (Fsp3) is 0.333. The van der Waals surface area contributed by atoms with Gasteiger partial charge >= 0.3 is 11.9 Å². The number of hydrogen-bond acceptors (Lipinski definition) is 4. The number of carboxylic acid groups (broad SMARTS) is 2. The van der Waals surface area contributed by atoms with E-state index in [1.807, 2.05) is 13.8 Å². The van der Waals surface area contributed by atoms with Crippen LogP contribution in [0.15, 0.2) is 0 Å². The van der Waals surface area contributed by atoms with Crippen LogP contribution in [0.5, 0.6) is 0 Å². The van der Waals surface area contributed by atoms with E-state index in [0.29, 0.717) is 0 Å². The van der Waals surface area contributed by atoms with Crippen molar-refractivity contribution in [3.63, 3.8) is 0 Å². The second-order valence-electron chi connectivity index (χ2n) is 4.10. The zero-order chi connectivity index (χ0) is 13.4. The molecule has 0 saturated heterocycles. The van der Waals surface area contributed by atoms with Gasteiger partial charge in [-0.3, -0.25) is 9.59 Å². The third-order valence-electron chi connectivity index (χ3n) is 2.80. The molecule has 0 atom stereocenters. The molecule has 6 heteroatoms. The third kappa shape index (κ3) is 2.26. The summed E-state index contributed by atoms with van der Waals surface area (Å²) in [6.07, 6.45) is 0.0667. The first-order chi connectivity index (χ1) is 8.40. The summed E-state index contributed by atoms with van der Waals surface area (Å²) in [4.78, 5) is 23.2. The van der Waals surface area contributed by atoms with Gasteiger partial charge in [-0.15, -0.1) is 22.7 Å². The topological polar surface area (TPSA) is 74.6 Å². The summed E-state index contributed by atoms with van der Waals surface area (Å²) in [6, 6.07) is 0. The SMILES string of the molecule is Cc1c(CC(=O)O)sc2c(C)c(CC(=O)O)sc12. The maximum atomic E-state index is 10.7. The van der Waals surface area contributed by atoms with Crippen LogP contribution in [0.2, 0.25) is 0 Å². The number of carboxylic acids is 2. The van der Waals surface area contributed by atoms with E-state index < -0.39 is 11.9 Å². The van der Waals surface area contributed by atoms with Gasteiger partial charge in [-0.05, 0) is 25.0 Å². The van der Waals surface area contributed by atoms with Gasteiger partial charge in [0.15, 0.2) is 0 Å². The molecule has 2 rings (SSSR count). The van der Waals surface area contributed by atoms with Crippen LogP contribution in [-0.4, -0.2) is 22.2 Å². The van der Waals surface area contributed by atoms with E-state index in [4.69, 9.17) is 10.2 Å². The summed E-state index contributed by atoms with van der Waals surface area (Å²) in [7, 11) is 0. The van der Waals surface area contributed by atoms with Crippen molar-refractivity contribution in [3.05, 3.63) is 20.9 Å². The van der Waals surface area contributed by atoms with Gasteiger partial charge in [0, 0.05) is 19.2 Å². The van der Waals surface area contributed by atoms with Crippen molar-refractivity contribution in [2.75, 3.05) is 0 Å². The largest absolute Gasteiger partial charge is 0.481 e. The smallest absolute Gasteiger partial charge is 0.308 e. The Morgan fingerprint density at radius 2 is 1.22 bits per heavy atom. The van der Waals surface area contributed by atoms with E-state index in [0.717, 1.165) is 30.3 Å². The van der Waals surface area contributed by atoms with E-state index in [9.17, 15) is 9.59 Å². The molecule has 4 nitrogen and oxygen atoms in total. The molecular weight excluding hydrogens is 272 g/mol. The first kappa shape index (κ1) is 13.0. The molecule has 0 amide bonds. The highest BCUT2D eigenvalue weighted by Gasteiger charge is 2.18. The third-order valence-corrected chi connectivity index (χ3v) is 5.75. The molecule has 0 fully saturated rings. The zero-order valence-electron chi connectivity index (χ0n) is 9.94. The maximum absolute atomic E-state index is 10.7. The summed E-state index contributed by atoms with van der Waals surface area (Å²) in [5.74, 6) is -1.68. The Bertz CT molecular complexity index is 580. The molecular formula is C12H12O4S2. The molecule has 2 heterocycles. The molecule has 0 bridgehead atoms. The lowest BCUT2D eigenvalue weighted by Gasteiger charge is -1.96. The quantitative estimate of drug-likeness (QED) is 0.905. The number of carbonyl (C=O) groups is 2. The van der Waals surface area contributed by atoms with Crippen molar-refractivity contribution in [3.8, 4) is 0 Å². The number of aliphatic carboxylic acids is 2. The van der Waals surface area contributed by atoms with E-state index >= 15 is 0 Å². The predicted molar refractivity (Wildman–Crippen MR) is 71.9 cm³/mol. The fourth-order valence-corrected chi connectivity index (χ4v) is 4.67. The van der Waals surface area contributed by atoms with Gasteiger partial charge in [0.05, 0.1) is 12.8 Å². The monoisotopic (exact) mass is 284 g/mol. The first-order valence-electron chi connectivity index (χ1n) is 5.34. The van der Waals surface area contributed by atoms with Crippen molar-refractivity contribution >= 4 is 44.0 Å². The molecule has 0 radical (unpaired) electrons. The molecule has 96 valence electrons. The van der Waals surface area contributed by atoms with Crippen LogP contribution in [-0.2, 0) is 22.4 Å². The van der Waals surface area contributed by atoms with Crippen LogP contribution in [0.4, 0.5) is 0 Å². The van der Waals surface area contributed by atoms with Crippen LogP contribution in [0.3, 0.4) is 0 Å². The molecule has 0 unspecified atom stereocenters. The molecule has 0 aliphatic heterocycles. The summed E-state index contributed by atoms with van der Waals surface area (Å²) < 4.78 is 2.06. The lowest BCUT2D eigenvalue weighted by Crippen LogP contribution is -1.99. The van der Waals surface area contributed by atoms with Gasteiger partial charge in [0.2, 0.25) is 0 Å². The van der Waals surface area contributed by atoms with E-state index in [-0.39, 0.29) is 12.8 Å². The fourth-order valence-electron chi connectivity index (χ4n) is 1.85. The average molecular weight is 284 g/mol. The van der Waals surface area contributed by atoms with Crippen molar-refractivity contribution in [1.29, 1.82) is 0 Å². The van der Waals surface area contributed by atoms with Gasteiger partial charge in [-0.2, -0.15) is 0 Å². The second-order valence-corrected chi connectivity index (χ2v) is 6.31. The minimum absolute atomic E-state index is 0.0333. The van der Waals surface area contributed by atoms with E-state index in [1.165, 1.54) is 22.7 Å². The molecule has 2 N–H and O–H groups in total. The Kier molecular flexibility index (Phi) is 3.41. The van der Waals surface area contributed by atoms with Gasteiger partial charge in [0.25, 0.3) is 0 Å². The van der Waals surface area contributed by atoms with Gasteiger partial charge in [-0.1, -0.05) is 0 Å². The Labute approximate surface area is 111 Å². The Balaban J connectivity index is 2.50. The van der Waals surface area contributed by atoms with Crippen molar-refractivity contribution in [1.82, 2.24) is 0 Å². The maximum Gasteiger partial charge on any atom is 0.308 e. The van der Waals surface area contributed by atoms with Gasteiger partial charge in [-0.25, -0.2) is 0 Å². The van der Waals surface area contributed by atoms with Crippen LogP contribution in [0.1, 0.15) is 20.9 Å². The normalized spacial score (nSPS) is 11.0. The lowest BCUT2D eigenvalue weighted by atomic mass is 10.2. The number of rotatable bonds is 4. The molecule has 0 aliphatic carbocycles. The first-order valence-corrected chi connectivity index (χ1v) is 6.97. The minimum atomic E-state index is -0.838. The molecule has 0 spiro atoms. The standard InChI is InChI=1S/C12H12O4S2/c1-5-7(3-9(13)14)17-12-6(2)8(4-10(15)16)18-11(5)12/h3-4H2,1-2H3,(H,13,14)(H,15,16).